The fourth-order valence-corrected chi connectivity index (χ4v) is 4.43. The zero-order chi connectivity index (χ0) is 19.7. The Morgan fingerprint density at radius 1 is 1.29 bits per heavy atom. The predicted octanol–water partition coefficient (Wildman–Crippen LogP) is 2.92. The van der Waals surface area contributed by atoms with Crippen LogP contribution in [0.2, 0.25) is 0 Å². The van der Waals surface area contributed by atoms with Crippen molar-refractivity contribution in [3.63, 3.8) is 0 Å². The number of amides is 1. The Balaban J connectivity index is 1.64. The Morgan fingerprint density at radius 3 is 2.82 bits per heavy atom. The minimum absolute atomic E-state index is 0.0219. The van der Waals surface area contributed by atoms with Crippen LogP contribution in [-0.2, 0) is 0 Å². The van der Waals surface area contributed by atoms with Crippen molar-refractivity contribution in [3.05, 3.63) is 35.1 Å². The van der Waals surface area contributed by atoms with Gasteiger partial charge in [0.15, 0.2) is 0 Å². The summed E-state index contributed by atoms with van der Waals surface area (Å²) in [6.45, 7) is 1.83. The Bertz CT molecular complexity index is 1010. The van der Waals surface area contributed by atoms with Gasteiger partial charge in [-0.05, 0) is 50.3 Å². The number of ether oxygens (including phenoxy) is 1. The van der Waals surface area contributed by atoms with E-state index in [1.165, 1.54) is 17.7 Å². The van der Waals surface area contributed by atoms with E-state index in [-0.39, 0.29) is 12.2 Å². The van der Waals surface area contributed by atoms with E-state index in [0.717, 1.165) is 36.6 Å². The van der Waals surface area contributed by atoms with Gasteiger partial charge in [-0.25, -0.2) is 15.0 Å². The molecule has 1 aliphatic rings. The van der Waals surface area contributed by atoms with Crippen molar-refractivity contribution in [1.29, 1.82) is 0 Å². The smallest absolute Gasteiger partial charge is 0.259 e. The zero-order valence-corrected chi connectivity index (χ0v) is 16.2. The Labute approximate surface area is 165 Å². The summed E-state index contributed by atoms with van der Waals surface area (Å²) in [5.41, 5.74) is 6.91. The quantitative estimate of drug-likeness (QED) is 0.603. The second-order valence-corrected chi connectivity index (χ2v) is 7.85. The molecule has 0 saturated heterocycles. The molecule has 0 atom stereocenters. The van der Waals surface area contributed by atoms with Crippen molar-refractivity contribution in [2.45, 2.75) is 44.8 Å². The Hall–Kier alpha value is -2.78. The molecule has 0 aromatic carbocycles. The number of nitrogens with zero attached hydrogens (tertiary/aromatic N) is 3. The van der Waals surface area contributed by atoms with Crippen LogP contribution in [0.3, 0.4) is 0 Å². The van der Waals surface area contributed by atoms with Crippen LogP contribution >= 0.6 is 11.3 Å². The number of hydrogen-bond acceptors (Lipinski definition) is 8. The molecular formula is C19H21N5O3S. The molecule has 146 valence electrons. The van der Waals surface area contributed by atoms with Crippen LogP contribution in [-0.4, -0.2) is 38.2 Å². The number of aryl methyl sites for hydroxylation is 1. The summed E-state index contributed by atoms with van der Waals surface area (Å²) in [6.07, 6.45) is 5.96. The van der Waals surface area contributed by atoms with Gasteiger partial charge >= 0.3 is 0 Å². The first-order valence-electron chi connectivity index (χ1n) is 9.13. The molecular weight excluding hydrogens is 378 g/mol. The van der Waals surface area contributed by atoms with Gasteiger partial charge in [0, 0.05) is 6.20 Å². The molecule has 3 aromatic rings. The van der Waals surface area contributed by atoms with Gasteiger partial charge in [0.2, 0.25) is 5.88 Å². The molecule has 0 spiro atoms. The fraction of sp³-hybridized carbons (Fsp3) is 0.368. The summed E-state index contributed by atoms with van der Waals surface area (Å²) >= 11 is 1.25. The first-order chi connectivity index (χ1) is 13.5. The minimum atomic E-state index is -0.476. The normalized spacial score (nSPS) is 19.5. The number of hydrogen-bond donors (Lipinski definition) is 3. The number of carbonyl (C=O) groups is 1. The lowest BCUT2D eigenvalue weighted by molar-refractivity contribution is 0.0647. The van der Waals surface area contributed by atoms with Gasteiger partial charge in [-0.3, -0.25) is 4.79 Å². The van der Waals surface area contributed by atoms with Gasteiger partial charge in [-0.1, -0.05) is 0 Å². The van der Waals surface area contributed by atoms with Crippen molar-refractivity contribution in [2.24, 2.45) is 5.73 Å². The molecule has 4 rings (SSSR count). The molecule has 0 bridgehead atoms. The fourth-order valence-electron chi connectivity index (χ4n) is 3.43. The summed E-state index contributed by atoms with van der Waals surface area (Å²) < 4.78 is 6.09. The molecule has 28 heavy (non-hydrogen) atoms. The van der Waals surface area contributed by atoms with Crippen LogP contribution in [0.1, 0.15) is 40.9 Å². The van der Waals surface area contributed by atoms with Gasteiger partial charge in [0.1, 0.15) is 28.8 Å². The van der Waals surface area contributed by atoms with Gasteiger partial charge < -0.3 is 20.9 Å². The third-order valence-electron chi connectivity index (χ3n) is 4.90. The number of fused-ring (bicyclic) bond motifs is 1. The summed E-state index contributed by atoms with van der Waals surface area (Å²) in [4.78, 5) is 25.8. The summed E-state index contributed by atoms with van der Waals surface area (Å²) in [5.74, 6) is 0.582. The first-order valence-corrected chi connectivity index (χ1v) is 9.95. The lowest BCUT2D eigenvalue weighted by Crippen LogP contribution is -2.27. The summed E-state index contributed by atoms with van der Waals surface area (Å²) in [5, 5.41) is 13.7. The lowest BCUT2D eigenvalue weighted by atomic mass is 9.95. The predicted molar refractivity (Wildman–Crippen MR) is 107 cm³/mol. The largest absolute Gasteiger partial charge is 0.473 e. The molecule has 8 nitrogen and oxygen atoms in total. The highest BCUT2D eigenvalue weighted by molar-refractivity contribution is 7.20. The van der Waals surface area contributed by atoms with Crippen molar-refractivity contribution in [3.8, 4) is 5.88 Å². The van der Waals surface area contributed by atoms with E-state index in [4.69, 9.17) is 10.5 Å². The van der Waals surface area contributed by atoms with Crippen molar-refractivity contribution >= 4 is 39.0 Å². The Morgan fingerprint density at radius 2 is 2.07 bits per heavy atom. The number of nitrogens with one attached hydrogen (secondary N) is 1. The van der Waals surface area contributed by atoms with Gasteiger partial charge in [-0.15, -0.1) is 11.3 Å². The van der Waals surface area contributed by atoms with E-state index in [1.807, 2.05) is 19.1 Å². The molecule has 0 unspecified atom stereocenters. The highest BCUT2D eigenvalue weighted by atomic mass is 32.1. The van der Waals surface area contributed by atoms with E-state index >= 15 is 0 Å². The number of pyridine rings is 1. The number of aliphatic hydroxyl groups excluding tert-OH is 1. The van der Waals surface area contributed by atoms with E-state index in [9.17, 15) is 9.90 Å². The Kier molecular flexibility index (Phi) is 5.10. The van der Waals surface area contributed by atoms with Crippen LogP contribution in [0.25, 0.3) is 10.2 Å². The third-order valence-corrected chi connectivity index (χ3v) is 6.11. The lowest BCUT2D eigenvalue weighted by Gasteiger charge is -2.26. The van der Waals surface area contributed by atoms with Crippen molar-refractivity contribution < 1.29 is 14.6 Å². The molecule has 9 heteroatoms. The van der Waals surface area contributed by atoms with Crippen LogP contribution in [0, 0.1) is 6.92 Å². The standard InChI is InChI=1S/C19H21N5O3S/c1-10-14-17(22-9-23-19(14)28-15(10)16(20)26)24-13-3-2-8-21-18(13)27-12-6-4-11(25)5-7-12/h2-3,8-9,11-12,25H,4-7H2,1H3,(H2,20,26)(H,22,23,24). The molecule has 3 heterocycles. The third kappa shape index (κ3) is 3.63. The SMILES string of the molecule is Cc1c(C(N)=O)sc2ncnc(Nc3cccnc3OC3CCC(O)CC3)c12. The second kappa shape index (κ2) is 7.69. The zero-order valence-electron chi connectivity index (χ0n) is 15.4. The minimum Gasteiger partial charge on any atom is -0.473 e. The number of primary amides is 1. The number of aromatic nitrogens is 3. The van der Waals surface area contributed by atoms with E-state index in [1.54, 1.807) is 6.20 Å². The number of rotatable bonds is 5. The van der Waals surface area contributed by atoms with Gasteiger partial charge in [0.05, 0.1) is 16.4 Å². The maximum Gasteiger partial charge on any atom is 0.259 e. The van der Waals surface area contributed by atoms with Crippen LogP contribution < -0.4 is 15.8 Å². The van der Waals surface area contributed by atoms with Crippen LogP contribution in [0.4, 0.5) is 11.5 Å². The molecule has 1 fully saturated rings. The summed E-state index contributed by atoms with van der Waals surface area (Å²) in [7, 11) is 0. The van der Waals surface area contributed by atoms with Crippen LogP contribution in [0.15, 0.2) is 24.7 Å². The summed E-state index contributed by atoms with van der Waals surface area (Å²) in [6, 6.07) is 3.68. The molecule has 0 aliphatic heterocycles. The van der Waals surface area contributed by atoms with Crippen LogP contribution in [0.5, 0.6) is 5.88 Å². The average Bonchev–Trinajstić information content (AvgIpc) is 3.03. The highest BCUT2D eigenvalue weighted by Crippen LogP contribution is 2.36. The monoisotopic (exact) mass is 399 g/mol. The second-order valence-electron chi connectivity index (χ2n) is 6.85. The number of thiophene rings is 1. The first kappa shape index (κ1) is 18.6. The maximum atomic E-state index is 11.7. The highest BCUT2D eigenvalue weighted by Gasteiger charge is 2.23. The van der Waals surface area contributed by atoms with Gasteiger partial charge in [0.25, 0.3) is 5.91 Å². The van der Waals surface area contributed by atoms with E-state index in [0.29, 0.717) is 27.1 Å². The van der Waals surface area contributed by atoms with Crippen molar-refractivity contribution in [2.75, 3.05) is 5.32 Å². The maximum absolute atomic E-state index is 11.7. The molecule has 1 amide bonds. The molecule has 1 saturated carbocycles. The molecule has 3 aromatic heterocycles. The average molecular weight is 399 g/mol. The number of carbonyl (C=O) groups excluding carboxylic acids is 1. The van der Waals surface area contributed by atoms with Crippen molar-refractivity contribution in [1.82, 2.24) is 15.0 Å². The topological polar surface area (TPSA) is 123 Å². The van der Waals surface area contributed by atoms with E-state index < -0.39 is 5.91 Å². The number of anilines is 2. The van der Waals surface area contributed by atoms with Gasteiger partial charge in [-0.2, -0.15) is 0 Å². The molecule has 1 aliphatic carbocycles. The molecule has 0 radical (unpaired) electrons. The molecule has 4 N–H and O–H groups in total. The number of nitrogens with two attached hydrogens (primary N) is 1. The number of aliphatic hydroxyl groups is 1. The van der Waals surface area contributed by atoms with E-state index in [2.05, 4.69) is 20.3 Å².